The highest BCUT2D eigenvalue weighted by Crippen LogP contribution is 2.43. The van der Waals surface area contributed by atoms with Crippen molar-refractivity contribution in [3.8, 4) is 23.3 Å². The molecule has 0 amide bonds. The predicted molar refractivity (Wildman–Crippen MR) is 127 cm³/mol. The number of methoxy groups -OCH3 is 1. The Labute approximate surface area is 202 Å². The van der Waals surface area contributed by atoms with E-state index < -0.39 is 21.2 Å². The van der Waals surface area contributed by atoms with E-state index in [1.165, 1.54) is 19.2 Å². The molecule has 0 spiro atoms. The van der Waals surface area contributed by atoms with Crippen molar-refractivity contribution in [2.24, 2.45) is 0 Å². The third kappa shape index (κ3) is 4.73. The molecule has 174 valence electrons. The van der Waals surface area contributed by atoms with Crippen molar-refractivity contribution in [3.05, 3.63) is 91.2 Å². The summed E-state index contributed by atoms with van der Waals surface area (Å²) in [6.45, 7) is 0. The van der Waals surface area contributed by atoms with Gasteiger partial charge in [0.2, 0.25) is 5.75 Å². The highest BCUT2D eigenvalue weighted by Gasteiger charge is 2.23. The van der Waals surface area contributed by atoms with Gasteiger partial charge < -0.3 is 14.5 Å². The number of ether oxygens (including phenoxy) is 2. The maximum atomic E-state index is 11.4. The van der Waals surface area contributed by atoms with E-state index in [0.717, 1.165) is 23.7 Å². The number of nitrogens with zero attached hydrogens (tertiary/aromatic N) is 4. The van der Waals surface area contributed by atoms with Crippen LogP contribution in [0, 0.1) is 31.6 Å². The summed E-state index contributed by atoms with van der Waals surface area (Å²) in [4.78, 5) is 28.3. The monoisotopic (exact) mass is 491 g/mol. The Morgan fingerprint density at radius 2 is 1.89 bits per heavy atom. The van der Waals surface area contributed by atoms with Crippen LogP contribution >= 0.6 is 11.6 Å². The predicted octanol–water partition coefficient (Wildman–Crippen LogP) is 5.90. The number of non-ortho nitro benzene ring substituents is 1. The molecule has 35 heavy (non-hydrogen) atoms. The molecule has 0 saturated heterocycles. The zero-order chi connectivity index (χ0) is 25.1. The number of H-pyrrole nitrogens is 1. The summed E-state index contributed by atoms with van der Waals surface area (Å²) in [5.74, 6) is 0.193. The van der Waals surface area contributed by atoms with E-state index in [4.69, 9.17) is 21.1 Å². The summed E-state index contributed by atoms with van der Waals surface area (Å²) in [6, 6.07) is 15.4. The number of benzene rings is 3. The molecule has 0 aliphatic rings. The number of para-hydroxylation sites is 2. The zero-order valence-corrected chi connectivity index (χ0v) is 18.6. The first kappa shape index (κ1) is 23.2. The van der Waals surface area contributed by atoms with Gasteiger partial charge in [-0.15, -0.1) is 0 Å². The molecule has 11 nitrogen and oxygen atoms in total. The standard InChI is InChI=1S/C23H14ClN5O6/c1-34-21-10-13(8-14(12-25)23-26-17-4-2-3-5-18(17)27-23)9-16(24)22(21)35-20-7-6-15(28(30)31)11-19(20)29(32)33/h2-11H,1H3,(H,26,27)/b14-8+. The first-order valence-electron chi connectivity index (χ1n) is 9.86. The van der Waals surface area contributed by atoms with E-state index in [1.54, 1.807) is 6.08 Å². The molecule has 0 aliphatic heterocycles. The second-order valence-corrected chi connectivity index (χ2v) is 7.48. The third-order valence-electron chi connectivity index (χ3n) is 4.89. The number of nitro groups is 2. The first-order chi connectivity index (χ1) is 16.8. The van der Waals surface area contributed by atoms with E-state index in [9.17, 15) is 25.5 Å². The fourth-order valence-corrected chi connectivity index (χ4v) is 3.54. The Kier molecular flexibility index (Phi) is 6.30. The number of allylic oxidation sites excluding steroid dienone is 1. The van der Waals surface area contributed by atoms with Crippen LogP contribution in [0.15, 0.2) is 54.6 Å². The average Bonchev–Trinajstić information content (AvgIpc) is 3.27. The van der Waals surface area contributed by atoms with Crippen LogP contribution in [0.1, 0.15) is 11.4 Å². The van der Waals surface area contributed by atoms with Gasteiger partial charge in [-0.25, -0.2) is 4.98 Å². The summed E-state index contributed by atoms with van der Waals surface area (Å²) in [5.41, 5.74) is 1.11. The van der Waals surface area contributed by atoms with Crippen molar-refractivity contribution in [1.82, 2.24) is 9.97 Å². The van der Waals surface area contributed by atoms with Crippen molar-refractivity contribution in [1.29, 1.82) is 5.26 Å². The summed E-state index contributed by atoms with van der Waals surface area (Å²) in [6.07, 6.45) is 1.55. The molecule has 1 N–H and O–H groups in total. The number of imidazole rings is 1. The van der Waals surface area contributed by atoms with Crippen molar-refractivity contribution < 1.29 is 19.3 Å². The largest absolute Gasteiger partial charge is 0.493 e. The normalized spacial score (nSPS) is 11.2. The molecule has 0 unspecified atom stereocenters. The number of hydrogen-bond donors (Lipinski definition) is 1. The average molecular weight is 492 g/mol. The van der Waals surface area contributed by atoms with E-state index in [0.29, 0.717) is 16.9 Å². The van der Waals surface area contributed by atoms with Crippen molar-refractivity contribution in [2.45, 2.75) is 0 Å². The molecule has 0 saturated carbocycles. The number of aromatic amines is 1. The van der Waals surface area contributed by atoms with E-state index in [2.05, 4.69) is 16.0 Å². The molecule has 1 heterocycles. The van der Waals surface area contributed by atoms with Crippen LogP contribution in [0.4, 0.5) is 11.4 Å². The fourth-order valence-electron chi connectivity index (χ4n) is 3.28. The molecule has 0 fully saturated rings. The molecule has 0 atom stereocenters. The Morgan fingerprint density at radius 3 is 2.54 bits per heavy atom. The quantitative estimate of drug-likeness (QED) is 0.190. The Hall–Kier alpha value is -4.95. The van der Waals surface area contributed by atoms with Gasteiger partial charge in [0.15, 0.2) is 11.5 Å². The Bertz CT molecular complexity index is 1520. The van der Waals surface area contributed by atoms with Crippen molar-refractivity contribution in [2.75, 3.05) is 7.11 Å². The molecule has 4 rings (SSSR count). The fraction of sp³-hybridized carbons (Fsp3) is 0.0435. The molecule has 0 aliphatic carbocycles. The van der Waals surface area contributed by atoms with Crippen molar-refractivity contribution >= 4 is 45.7 Å². The minimum atomic E-state index is -0.799. The Balaban J connectivity index is 1.73. The SMILES string of the molecule is COc1cc(/C=C(\C#N)c2nc3ccccc3[nH]2)cc(Cl)c1Oc1ccc([N+](=O)[O-])cc1[N+](=O)[O-]. The second kappa shape index (κ2) is 9.50. The van der Waals surface area contributed by atoms with Crippen LogP contribution in [0.2, 0.25) is 5.02 Å². The molecule has 12 heteroatoms. The smallest absolute Gasteiger partial charge is 0.318 e. The van der Waals surface area contributed by atoms with Gasteiger partial charge in [-0.3, -0.25) is 20.2 Å². The highest BCUT2D eigenvalue weighted by molar-refractivity contribution is 6.32. The lowest BCUT2D eigenvalue weighted by atomic mass is 10.1. The number of rotatable bonds is 7. The molecule has 4 aromatic rings. The first-order valence-corrected chi connectivity index (χ1v) is 10.2. The zero-order valence-electron chi connectivity index (χ0n) is 17.9. The van der Waals surface area contributed by atoms with Gasteiger partial charge in [-0.05, 0) is 42.0 Å². The summed E-state index contributed by atoms with van der Waals surface area (Å²) in [7, 11) is 1.35. The molecule has 3 aromatic carbocycles. The minimum Gasteiger partial charge on any atom is -0.493 e. The number of hydrogen-bond acceptors (Lipinski definition) is 8. The van der Waals surface area contributed by atoms with E-state index in [1.807, 2.05) is 24.3 Å². The van der Waals surface area contributed by atoms with Crippen LogP contribution in [0.25, 0.3) is 22.7 Å². The highest BCUT2D eigenvalue weighted by atomic mass is 35.5. The topological polar surface area (TPSA) is 157 Å². The number of nitrogens with one attached hydrogen (secondary N) is 1. The van der Waals surface area contributed by atoms with E-state index in [-0.39, 0.29) is 27.8 Å². The number of nitriles is 1. The van der Waals surface area contributed by atoms with Gasteiger partial charge in [0.1, 0.15) is 11.9 Å². The van der Waals surface area contributed by atoms with Gasteiger partial charge in [0.25, 0.3) is 5.69 Å². The van der Waals surface area contributed by atoms with E-state index >= 15 is 0 Å². The Morgan fingerprint density at radius 1 is 1.11 bits per heavy atom. The maximum Gasteiger partial charge on any atom is 0.318 e. The van der Waals surface area contributed by atoms with Gasteiger partial charge in [0.05, 0.1) is 44.7 Å². The number of aromatic nitrogens is 2. The van der Waals surface area contributed by atoms with Crippen LogP contribution in [-0.4, -0.2) is 26.9 Å². The second-order valence-electron chi connectivity index (χ2n) is 7.07. The molecule has 0 radical (unpaired) electrons. The molecule has 1 aromatic heterocycles. The molecular weight excluding hydrogens is 478 g/mol. The maximum absolute atomic E-state index is 11.4. The van der Waals surface area contributed by atoms with Gasteiger partial charge in [-0.2, -0.15) is 5.26 Å². The molecular formula is C23H14ClN5O6. The number of halogens is 1. The van der Waals surface area contributed by atoms with Gasteiger partial charge in [0, 0.05) is 6.07 Å². The van der Waals surface area contributed by atoms with Crippen LogP contribution in [0.3, 0.4) is 0 Å². The number of fused-ring (bicyclic) bond motifs is 1. The molecule has 0 bridgehead atoms. The lowest BCUT2D eigenvalue weighted by molar-refractivity contribution is -0.394. The third-order valence-corrected chi connectivity index (χ3v) is 5.17. The van der Waals surface area contributed by atoms with Gasteiger partial charge in [-0.1, -0.05) is 23.7 Å². The van der Waals surface area contributed by atoms with Gasteiger partial charge >= 0.3 is 5.69 Å². The minimum absolute atomic E-state index is 0.0325. The van der Waals surface area contributed by atoms with Crippen LogP contribution in [-0.2, 0) is 0 Å². The summed E-state index contributed by atoms with van der Waals surface area (Å²) < 4.78 is 11.0. The lowest BCUT2D eigenvalue weighted by Gasteiger charge is -2.13. The van der Waals surface area contributed by atoms with Crippen LogP contribution in [0.5, 0.6) is 17.2 Å². The van der Waals surface area contributed by atoms with Crippen molar-refractivity contribution in [3.63, 3.8) is 0 Å². The summed E-state index contributed by atoms with van der Waals surface area (Å²) >= 11 is 6.40. The van der Waals surface area contributed by atoms with Crippen LogP contribution < -0.4 is 9.47 Å². The summed E-state index contributed by atoms with van der Waals surface area (Å²) in [5, 5.41) is 32.1. The number of nitro benzene ring substituents is 2. The lowest BCUT2D eigenvalue weighted by Crippen LogP contribution is -1.98.